The zero-order valence-corrected chi connectivity index (χ0v) is 12.5. The lowest BCUT2D eigenvalue weighted by atomic mass is 9.92. The fraction of sp³-hybridized carbons (Fsp3) is 0.471. The number of carbonyl (C=O) groups excluding carboxylic acids is 1. The molecule has 2 aromatic rings. The highest BCUT2D eigenvalue weighted by Crippen LogP contribution is 2.28. The van der Waals surface area contributed by atoms with Crippen LogP contribution >= 0.6 is 0 Å². The second-order valence-electron chi connectivity index (χ2n) is 6.20. The van der Waals surface area contributed by atoms with Crippen LogP contribution in [0, 0.1) is 5.82 Å². The number of Topliss-reactive ketones (excluding diaryl/α,β-unsaturated/α-hetero) is 1. The molecule has 1 aromatic heterocycles. The minimum absolute atomic E-state index is 0.0833. The van der Waals surface area contributed by atoms with Crippen LogP contribution < -0.4 is 0 Å². The van der Waals surface area contributed by atoms with Gasteiger partial charge in [-0.1, -0.05) is 18.6 Å². The molecule has 1 aliphatic rings. The Kier molecular flexibility index (Phi) is 3.57. The quantitative estimate of drug-likeness (QED) is 0.800. The molecule has 1 fully saturated rings. The van der Waals surface area contributed by atoms with Crippen molar-refractivity contribution < 1.29 is 13.6 Å². The Balaban J connectivity index is 1.93. The Hall–Kier alpha value is -1.68. The summed E-state index contributed by atoms with van der Waals surface area (Å²) in [6.07, 6.45) is 3.45. The SMILES string of the molecule is CC(C)(C(=O)c1cc2cccc(F)c2o1)N1CCCCC1. The van der Waals surface area contributed by atoms with Gasteiger partial charge < -0.3 is 4.42 Å². The maximum absolute atomic E-state index is 13.7. The Labute approximate surface area is 123 Å². The van der Waals surface area contributed by atoms with E-state index in [1.807, 2.05) is 13.8 Å². The van der Waals surface area contributed by atoms with Crippen LogP contribution in [0.25, 0.3) is 11.0 Å². The number of para-hydroxylation sites is 1. The molecule has 3 rings (SSSR count). The van der Waals surface area contributed by atoms with E-state index >= 15 is 0 Å². The van der Waals surface area contributed by atoms with Gasteiger partial charge in [-0.3, -0.25) is 9.69 Å². The fourth-order valence-electron chi connectivity index (χ4n) is 3.04. The number of piperidine rings is 1. The monoisotopic (exact) mass is 289 g/mol. The summed E-state index contributed by atoms with van der Waals surface area (Å²) in [4.78, 5) is 15.0. The molecule has 0 unspecified atom stereocenters. The summed E-state index contributed by atoms with van der Waals surface area (Å²) in [5.41, 5.74) is -0.458. The third-order valence-corrected chi connectivity index (χ3v) is 4.42. The van der Waals surface area contributed by atoms with Crippen molar-refractivity contribution in [1.29, 1.82) is 0 Å². The molecule has 0 bridgehead atoms. The largest absolute Gasteiger partial charge is 0.450 e. The van der Waals surface area contributed by atoms with Gasteiger partial charge in [0.25, 0.3) is 0 Å². The average molecular weight is 289 g/mol. The van der Waals surface area contributed by atoms with Gasteiger partial charge in [0.1, 0.15) is 0 Å². The molecule has 4 heteroatoms. The molecule has 0 N–H and O–H groups in total. The van der Waals surface area contributed by atoms with Crippen molar-refractivity contribution in [3.05, 3.63) is 35.8 Å². The number of benzene rings is 1. The van der Waals surface area contributed by atoms with Crippen molar-refractivity contribution in [3.8, 4) is 0 Å². The average Bonchev–Trinajstić information content (AvgIpc) is 2.93. The number of furan rings is 1. The summed E-state index contributed by atoms with van der Waals surface area (Å²) >= 11 is 0. The van der Waals surface area contributed by atoms with Crippen LogP contribution in [-0.2, 0) is 0 Å². The maximum Gasteiger partial charge on any atom is 0.217 e. The molecule has 3 nitrogen and oxygen atoms in total. The van der Waals surface area contributed by atoms with Gasteiger partial charge in [0, 0.05) is 5.39 Å². The third-order valence-electron chi connectivity index (χ3n) is 4.42. The molecular weight excluding hydrogens is 269 g/mol. The van der Waals surface area contributed by atoms with Gasteiger partial charge in [-0.25, -0.2) is 4.39 Å². The fourth-order valence-corrected chi connectivity index (χ4v) is 3.04. The van der Waals surface area contributed by atoms with Crippen LogP contribution in [0.15, 0.2) is 28.7 Å². The van der Waals surface area contributed by atoms with E-state index in [4.69, 9.17) is 4.42 Å². The molecule has 2 heterocycles. The van der Waals surface area contributed by atoms with E-state index in [1.165, 1.54) is 12.5 Å². The third kappa shape index (κ3) is 2.48. The lowest BCUT2D eigenvalue weighted by Crippen LogP contribution is -2.52. The predicted molar refractivity (Wildman–Crippen MR) is 80.0 cm³/mol. The van der Waals surface area contributed by atoms with Crippen molar-refractivity contribution in [2.75, 3.05) is 13.1 Å². The first-order valence-electron chi connectivity index (χ1n) is 7.48. The van der Waals surface area contributed by atoms with E-state index in [-0.39, 0.29) is 17.1 Å². The van der Waals surface area contributed by atoms with Gasteiger partial charge in [-0.2, -0.15) is 0 Å². The van der Waals surface area contributed by atoms with Crippen LogP contribution in [0.1, 0.15) is 43.7 Å². The van der Waals surface area contributed by atoms with E-state index < -0.39 is 11.4 Å². The number of carbonyl (C=O) groups is 1. The molecule has 0 aliphatic carbocycles. The zero-order chi connectivity index (χ0) is 15.0. The number of ketones is 1. The topological polar surface area (TPSA) is 33.5 Å². The van der Waals surface area contributed by atoms with Crippen molar-refractivity contribution in [2.45, 2.75) is 38.6 Å². The lowest BCUT2D eigenvalue weighted by Gasteiger charge is -2.39. The summed E-state index contributed by atoms with van der Waals surface area (Å²) in [5, 5.41) is 0.632. The van der Waals surface area contributed by atoms with Crippen molar-refractivity contribution in [2.24, 2.45) is 0 Å². The minimum atomic E-state index is -0.620. The highest BCUT2D eigenvalue weighted by atomic mass is 19.1. The molecule has 0 amide bonds. The van der Waals surface area contributed by atoms with Crippen LogP contribution in [0.3, 0.4) is 0 Å². The molecule has 0 saturated carbocycles. The van der Waals surface area contributed by atoms with Crippen LogP contribution in [-0.4, -0.2) is 29.3 Å². The molecule has 21 heavy (non-hydrogen) atoms. The lowest BCUT2D eigenvalue weighted by molar-refractivity contribution is 0.0553. The van der Waals surface area contributed by atoms with Crippen LogP contribution in [0.2, 0.25) is 0 Å². The predicted octanol–water partition coefficient (Wildman–Crippen LogP) is 4.02. The van der Waals surface area contributed by atoms with Crippen molar-refractivity contribution in [1.82, 2.24) is 4.90 Å². The second kappa shape index (κ2) is 5.26. The molecule has 112 valence electrons. The zero-order valence-electron chi connectivity index (χ0n) is 12.5. The molecule has 1 aliphatic heterocycles. The first kappa shape index (κ1) is 14.3. The molecule has 1 saturated heterocycles. The number of rotatable bonds is 3. The first-order chi connectivity index (χ1) is 10.00. The second-order valence-corrected chi connectivity index (χ2v) is 6.20. The van der Waals surface area contributed by atoms with Crippen LogP contribution in [0.4, 0.5) is 4.39 Å². The highest BCUT2D eigenvalue weighted by molar-refractivity contribution is 6.03. The number of nitrogens with zero attached hydrogens (tertiary/aromatic N) is 1. The number of halogens is 1. The van der Waals surface area contributed by atoms with Crippen molar-refractivity contribution in [3.63, 3.8) is 0 Å². The normalized spacial score (nSPS) is 17.3. The van der Waals surface area contributed by atoms with Gasteiger partial charge in [0.2, 0.25) is 5.78 Å². The Morgan fingerprint density at radius 2 is 1.95 bits per heavy atom. The number of hydrogen-bond acceptors (Lipinski definition) is 3. The van der Waals surface area contributed by atoms with Crippen LogP contribution in [0.5, 0.6) is 0 Å². The van der Waals surface area contributed by atoms with Crippen molar-refractivity contribution >= 4 is 16.8 Å². The van der Waals surface area contributed by atoms with E-state index in [0.717, 1.165) is 25.9 Å². The van der Waals surface area contributed by atoms with Gasteiger partial charge in [-0.05, 0) is 51.9 Å². The van der Waals surface area contributed by atoms with Gasteiger partial charge in [0.15, 0.2) is 17.2 Å². The Morgan fingerprint density at radius 1 is 1.24 bits per heavy atom. The molecule has 0 radical (unpaired) electrons. The van der Waals surface area contributed by atoms with Gasteiger partial charge in [0.05, 0.1) is 5.54 Å². The Morgan fingerprint density at radius 3 is 2.62 bits per heavy atom. The van der Waals surface area contributed by atoms with E-state index in [9.17, 15) is 9.18 Å². The van der Waals surface area contributed by atoms with E-state index in [2.05, 4.69) is 4.90 Å². The number of hydrogen-bond donors (Lipinski definition) is 0. The van der Waals surface area contributed by atoms with E-state index in [0.29, 0.717) is 5.39 Å². The first-order valence-corrected chi connectivity index (χ1v) is 7.48. The molecule has 1 aromatic carbocycles. The summed E-state index contributed by atoms with van der Waals surface area (Å²) in [6, 6.07) is 6.37. The summed E-state index contributed by atoms with van der Waals surface area (Å²) in [7, 11) is 0. The smallest absolute Gasteiger partial charge is 0.217 e. The summed E-state index contributed by atoms with van der Waals surface area (Å²) in [5.74, 6) is -0.270. The van der Waals surface area contributed by atoms with Gasteiger partial charge in [-0.15, -0.1) is 0 Å². The summed E-state index contributed by atoms with van der Waals surface area (Å²) < 4.78 is 19.2. The molecular formula is C17H20FNO2. The Bertz CT molecular complexity index is 668. The number of likely N-dealkylation sites (tertiary alicyclic amines) is 1. The summed E-state index contributed by atoms with van der Waals surface area (Å²) in [6.45, 7) is 5.69. The molecule has 0 atom stereocenters. The van der Waals surface area contributed by atoms with E-state index in [1.54, 1.807) is 18.2 Å². The maximum atomic E-state index is 13.7. The number of fused-ring (bicyclic) bond motifs is 1. The highest BCUT2D eigenvalue weighted by Gasteiger charge is 2.37. The molecule has 0 spiro atoms. The standard InChI is InChI=1S/C17H20FNO2/c1-17(2,19-9-4-3-5-10-19)16(20)14-11-12-7-6-8-13(18)15(12)21-14/h6-8,11H,3-5,9-10H2,1-2H3. The van der Waals surface area contributed by atoms with Gasteiger partial charge >= 0.3 is 0 Å². The minimum Gasteiger partial charge on any atom is -0.450 e.